The van der Waals surface area contributed by atoms with Crippen molar-refractivity contribution >= 4 is 23.1 Å². The van der Waals surface area contributed by atoms with Crippen LogP contribution >= 0.6 is 0 Å². The summed E-state index contributed by atoms with van der Waals surface area (Å²) >= 11 is 0. The minimum Gasteiger partial charge on any atom is -0.497 e. The second kappa shape index (κ2) is 8.65. The third kappa shape index (κ3) is 4.48. The van der Waals surface area contributed by atoms with E-state index in [2.05, 4.69) is 32.2 Å². The zero-order valence-corrected chi connectivity index (χ0v) is 16.4. The Morgan fingerprint density at radius 3 is 2.21 bits per heavy atom. The Hall–Kier alpha value is -3.54. The number of carbonyl (C=O) groups excluding carboxylic acids is 1. The average molecular weight is 388 g/mol. The summed E-state index contributed by atoms with van der Waals surface area (Å²) in [6.45, 7) is 3.61. The molecule has 0 saturated carbocycles. The molecule has 4 rings (SSSR count). The smallest absolute Gasteiger partial charge is 0.257 e. The van der Waals surface area contributed by atoms with E-state index < -0.39 is 0 Å². The maximum atomic E-state index is 12.4. The molecule has 0 aliphatic carbocycles. The third-order valence-corrected chi connectivity index (χ3v) is 5.08. The van der Waals surface area contributed by atoms with E-state index in [0.29, 0.717) is 5.56 Å². The Kier molecular flexibility index (Phi) is 5.61. The SMILES string of the molecule is COc1ccc(N2CCN(c3ccc(C(=O)Nc4ccccc4)cn3)CC2)cc1. The highest BCUT2D eigenvalue weighted by atomic mass is 16.5. The summed E-state index contributed by atoms with van der Waals surface area (Å²) < 4.78 is 5.23. The molecule has 0 unspecified atom stereocenters. The summed E-state index contributed by atoms with van der Waals surface area (Å²) in [7, 11) is 1.68. The van der Waals surface area contributed by atoms with Crippen LogP contribution in [0, 0.1) is 0 Å². The van der Waals surface area contributed by atoms with Crippen LogP contribution in [-0.4, -0.2) is 44.2 Å². The number of anilines is 3. The molecule has 6 heteroatoms. The number of benzene rings is 2. The molecule has 0 radical (unpaired) electrons. The van der Waals surface area contributed by atoms with Gasteiger partial charge in [0, 0.05) is 43.8 Å². The molecular formula is C23H24N4O2. The maximum absolute atomic E-state index is 12.4. The molecule has 0 spiro atoms. The van der Waals surface area contributed by atoms with Crippen molar-refractivity contribution in [3.8, 4) is 5.75 Å². The second-order valence-corrected chi connectivity index (χ2v) is 6.90. The number of aromatic nitrogens is 1. The van der Waals surface area contributed by atoms with Crippen molar-refractivity contribution in [3.05, 3.63) is 78.5 Å². The lowest BCUT2D eigenvalue weighted by atomic mass is 10.2. The molecule has 0 atom stereocenters. The monoisotopic (exact) mass is 388 g/mol. The number of methoxy groups -OCH3 is 1. The van der Waals surface area contributed by atoms with E-state index in [1.807, 2.05) is 54.6 Å². The van der Waals surface area contributed by atoms with Gasteiger partial charge in [0.25, 0.3) is 5.91 Å². The summed E-state index contributed by atoms with van der Waals surface area (Å²) in [5, 5.41) is 2.88. The predicted molar refractivity (Wildman–Crippen MR) is 116 cm³/mol. The number of rotatable bonds is 5. The summed E-state index contributed by atoms with van der Waals surface area (Å²) in [5.41, 5.74) is 2.53. The van der Waals surface area contributed by atoms with E-state index in [9.17, 15) is 4.79 Å². The molecule has 29 heavy (non-hydrogen) atoms. The van der Waals surface area contributed by atoms with Gasteiger partial charge in [-0.15, -0.1) is 0 Å². The van der Waals surface area contributed by atoms with Crippen LogP contribution in [0.5, 0.6) is 5.75 Å². The largest absolute Gasteiger partial charge is 0.497 e. The number of carbonyl (C=O) groups is 1. The number of para-hydroxylation sites is 1. The van der Waals surface area contributed by atoms with Crippen molar-refractivity contribution in [2.75, 3.05) is 48.4 Å². The molecule has 2 aromatic carbocycles. The molecule has 1 N–H and O–H groups in total. The molecule has 1 saturated heterocycles. The highest BCUT2D eigenvalue weighted by molar-refractivity contribution is 6.04. The Morgan fingerprint density at radius 2 is 1.59 bits per heavy atom. The Balaban J connectivity index is 1.34. The van der Waals surface area contributed by atoms with Crippen molar-refractivity contribution in [2.24, 2.45) is 0 Å². The van der Waals surface area contributed by atoms with Gasteiger partial charge < -0.3 is 19.9 Å². The van der Waals surface area contributed by atoms with Crippen molar-refractivity contribution in [3.63, 3.8) is 0 Å². The van der Waals surface area contributed by atoms with E-state index in [4.69, 9.17) is 4.74 Å². The molecule has 0 bridgehead atoms. The third-order valence-electron chi connectivity index (χ3n) is 5.08. The minimum atomic E-state index is -0.153. The quantitative estimate of drug-likeness (QED) is 0.723. The lowest BCUT2D eigenvalue weighted by molar-refractivity contribution is 0.102. The fraction of sp³-hybridized carbons (Fsp3) is 0.217. The molecule has 1 fully saturated rings. The number of amides is 1. The van der Waals surface area contributed by atoms with Crippen LogP contribution < -0.4 is 19.9 Å². The van der Waals surface area contributed by atoms with Gasteiger partial charge in [-0.2, -0.15) is 0 Å². The van der Waals surface area contributed by atoms with Gasteiger partial charge >= 0.3 is 0 Å². The molecule has 6 nitrogen and oxygen atoms in total. The summed E-state index contributed by atoms with van der Waals surface area (Å²) in [5.74, 6) is 1.61. The van der Waals surface area contributed by atoms with Crippen molar-refractivity contribution in [2.45, 2.75) is 0 Å². The number of ether oxygens (including phenoxy) is 1. The van der Waals surface area contributed by atoms with Gasteiger partial charge in [-0.25, -0.2) is 4.98 Å². The Morgan fingerprint density at radius 1 is 0.897 bits per heavy atom. The van der Waals surface area contributed by atoms with Crippen molar-refractivity contribution < 1.29 is 9.53 Å². The first-order valence-corrected chi connectivity index (χ1v) is 9.69. The van der Waals surface area contributed by atoms with Gasteiger partial charge in [0.05, 0.1) is 12.7 Å². The summed E-state index contributed by atoms with van der Waals surface area (Å²) in [4.78, 5) is 21.5. The fourth-order valence-corrected chi connectivity index (χ4v) is 3.42. The first-order chi connectivity index (χ1) is 14.2. The van der Waals surface area contributed by atoms with Gasteiger partial charge in [0.1, 0.15) is 11.6 Å². The average Bonchev–Trinajstić information content (AvgIpc) is 2.80. The number of pyridine rings is 1. The lowest BCUT2D eigenvalue weighted by Gasteiger charge is -2.36. The fourth-order valence-electron chi connectivity index (χ4n) is 3.42. The molecule has 1 aliphatic heterocycles. The Labute approximate surface area is 170 Å². The summed E-state index contributed by atoms with van der Waals surface area (Å²) in [6, 6.07) is 21.3. The topological polar surface area (TPSA) is 57.7 Å². The maximum Gasteiger partial charge on any atom is 0.257 e. The van der Waals surface area contributed by atoms with Crippen LogP contribution in [-0.2, 0) is 0 Å². The van der Waals surface area contributed by atoms with Crippen LogP contribution in [0.15, 0.2) is 72.9 Å². The van der Waals surface area contributed by atoms with Crippen LogP contribution in [0.4, 0.5) is 17.2 Å². The Bertz CT molecular complexity index is 935. The van der Waals surface area contributed by atoms with Crippen molar-refractivity contribution in [1.29, 1.82) is 0 Å². The molecule has 3 aromatic rings. The van der Waals surface area contributed by atoms with E-state index in [1.54, 1.807) is 13.3 Å². The number of hydrogen-bond acceptors (Lipinski definition) is 5. The highest BCUT2D eigenvalue weighted by Gasteiger charge is 2.19. The first-order valence-electron chi connectivity index (χ1n) is 9.69. The van der Waals surface area contributed by atoms with E-state index in [1.165, 1.54) is 5.69 Å². The van der Waals surface area contributed by atoms with Gasteiger partial charge in [-0.3, -0.25) is 4.79 Å². The van der Waals surface area contributed by atoms with E-state index in [0.717, 1.165) is 43.4 Å². The van der Waals surface area contributed by atoms with Crippen LogP contribution in [0.2, 0.25) is 0 Å². The normalized spacial score (nSPS) is 13.8. The van der Waals surface area contributed by atoms with Crippen LogP contribution in [0.1, 0.15) is 10.4 Å². The number of nitrogens with zero attached hydrogens (tertiary/aromatic N) is 3. The number of piperazine rings is 1. The zero-order valence-electron chi connectivity index (χ0n) is 16.4. The van der Waals surface area contributed by atoms with Gasteiger partial charge in [-0.05, 0) is 48.5 Å². The highest BCUT2D eigenvalue weighted by Crippen LogP contribution is 2.22. The standard InChI is InChI=1S/C23H24N4O2/c1-29-21-10-8-20(9-11-21)26-13-15-27(16-14-26)22-12-7-18(17-24-22)23(28)25-19-5-3-2-4-6-19/h2-12,17H,13-16H2,1H3,(H,25,28). The van der Waals surface area contributed by atoms with E-state index >= 15 is 0 Å². The first kappa shape index (κ1) is 18.8. The molecule has 1 amide bonds. The number of nitrogens with one attached hydrogen (secondary N) is 1. The molecule has 148 valence electrons. The van der Waals surface area contributed by atoms with E-state index in [-0.39, 0.29) is 5.91 Å². The molecular weight excluding hydrogens is 364 g/mol. The summed E-state index contributed by atoms with van der Waals surface area (Å²) in [6.07, 6.45) is 1.64. The predicted octanol–water partition coefficient (Wildman–Crippen LogP) is 3.67. The lowest BCUT2D eigenvalue weighted by Crippen LogP contribution is -2.46. The minimum absolute atomic E-state index is 0.153. The van der Waals surface area contributed by atoms with Gasteiger partial charge in [0.2, 0.25) is 0 Å². The molecule has 2 heterocycles. The second-order valence-electron chi connectivity index (χ2n) is 6.90. The van der Waals surface area contributed by atoms with Crippen molar-refractivity contribution in [1.82, 2.24) is 4.98 Å². The van der Waals surface area contributed by atoms with Gasteiger partial charge in [0.15, 0.2) is 0 Å². The molecule has 1 aliphatic rings. The van der Waals surface area contributed by atoms with Crippen LogP contribution in [0.3, 0.4) is 0 Å². The van der Waals surface area contributed by atoms with Crippen LogP contribution in [0.25, 0.3) is 0 Å². The zero-order chi connectivity index (χ0) is 20.1. The van der Waals surface area contributed by atoms with Gasteiger partial charge in [-0.1, -0.05) is 18.2 Å². The molecule has 1 aromatic heterocycles. The number of hydrogen-bond donors (Lipinski definition) is 1.